The molecule has 8 heteroatoms. The summed E-state index contributed by atoms with van der Waals surface area (Å²) in [5.74, 6) is 0.654. The Balaban J connectivity index is 1.41. The van der Waals surface area contributed by atoms with Gasteiger partial charge in [0, 0.05) is 28.4 Å². The van der Waals surface area contributed by atoms with Gasteiger partial charge in [-0.05, 0) is 43.2 Å². The van der Waals surface area contributed by atoms with Gasteiger partial charge in [0.25, 0.3) is 0 Å². The van der Waals surface area contributed by atoms with Crippen LogP contribution in [0.5, 0.6) is 0 Å². The summed E-state index contributed by atoms with van der Waals surface area (Å²) >= 11 is 9.32. The molecule has 160 valence electrons. The molecule has 0 saturated carbocycles. The van der Waals surface area contributed by atoms with Crippen molar-refractivity contribution in [3.05, 3.63) is 69.1 Å². The molecule has 0 aliphatic rings. The fraction of sp³-hybridized carbons (Fsp3) is 0.261. The van der Waals surface area contributed by atoms with Gasteiger partial charge in [-0.3, -0.25) is 4.79 Å². The third-order valence-corrected chi connectivity index (χ3v) is 6.94. The molecule has 31 heavy (non-hydrogen) atoms. The minimum atomic E-state index is -0.0514. The van der Waals surface area contributed by atoms with Crippen LogP contribution in [0.2, 0.25) is 5.02 Å². The second kappa shape index (κ2) is 9.85. The molecule has 0 fully saturated rings. The molecule has 0 radical (unpaired) electrons. The number of aryl methyl sites for hydroxylation is 2. The predicted octanol–water partition coefficient (Wildman–Crippen LogP) is 6.34. The topological polar surface area (TPSA) is 59.8 Å². The van der Waals surface area contributed by atoms with Crippen molar-refractivity contribution in [2.75, 3.05) is 5.32 Å². The second-order valence-corrected chi connectivity index (χ2v) is 9.56. The first kappa shape index (κ1) is 21.9. The maximum absolute atomic E-state index is 12.4. The first-order chi connectivity index (χ1) is 15.0. The van der Waals surface area contributed by atoms with Crippen LogP contribution in [0.3, 0.4) is 0 Å². The van der Waals surface area contributed by atoms with Crippen LogP contribution in [0.25, 0.3) is 11.0 Å². The standard InChI is InChI=1S/C23H23ClN4OS2/c1-3-10-28-20-9-8-16(24)11-19(20)27-23(28)31-14-17-13-30-22(25-17)12-21(29)26-18-7-5-4-6-15(18)2/h4-9,11,13H,3,10,12,14H2,1-2H3,(H,26,29). The predicted molar refractivity (Wildman–Crippen MR) is 130 cm³/mol. The Morgan fingerprint density at radius 1 is 1.23 bits per heavy atom. The molecule has 0 saturated heterocycles. The van der Waals surface area contributed by atoms with Gasteiger partial charge in [0.1, 0.15) is 5.01 Å². The third kappa shape index (κ3) is 5.29. The maximum Gasteiger partial charge on any atom is 0.231 e. The number of imidazole rings is 1. The third-order valence-electron chi connectivity index (χ3n) is 4.80. The zero-order valence-electron chi connectivity index (χ0n) is 17.4. The van der Waals surface area contributed by atoms with E-state index in [1.165, 1.54) is 11.3 Å². The molecule has 0 bridgehead atoms. The molecule has 2 aromatic heterocycles. The Morgan fingerprint density at radius 3 is 2.87 bits per heavy atom. The van der Waals surface area contributed by atoms with Crippen molar-refractivity contribution in [1.29, 1.82) is 0 Å². The van der Waals surface area contributed by atoms with E-state index in [0.29, 0.717) is 10.8 Å². The molecular formula is C23H23ClN4OS2. The number of amides is 1. The highest BCUT2D eigenvalue weighted by molar-refractivity contribution is 7.98. The molecule has 1 N–H and O–H groups in total. The van der Waals surface area contributed by atoms with Crippen LogP contribution in [-0.2, 0) is 23.5 Å². The van der Waals surface area contributed by atoms with Crippen LogP contribution < -0.4 is 5.32 Å². The fourth-order valence-electron chi connectivity index (χ4n) is 3.31. The Kier molecular flexibility index (Phi) is 6.95. The minimum Gasteiger partial charge on any atom is -0.325 e. The number of hydrogen-bond acceptors (Lipinski definition) is 5. The van der Waals surface area contributed by atoms with Crippen molar-refractivity contribution in [2.24, 2.45) is 0 Å². The lowest BCUT2D eigenvalue weighted by molar-refractivity contribution is -0.115. The van der Waals surface area contributed by atoms with E-state index >= 15 is 0 Å². The number of thiazole rings is 1. The van der Waals surface area contributed by atoms with Crippen molar-refractivity contribution in [1.82, 2.24) is 14.5 Å². The van der Waals surface area contributed by atoms with E-state index in [9.17, 15) is 4.79 Å². The molecule has 0 atom stereocenters. The molecule has 2 aromatic carbocycles. The van der Waals surface area contributed by atoms with Gasteiger partial charge in [-0.15, -0.1) is 11.3 Å². The van der Waals surface area contributed by atoms with Gasteiger partial charge in [0.05, 0.1) is 23.1 Å². The summed E-state index contributed by atoms with van der Waals surface area (Å²) in [7, 11) is 0. The molecule has 0 aliphatic heterocycles. The number of anilines is 1. The van der Waals surface area contributed by atoms with Gasteiger partial charge in [-0.1, -0.05) is 48.5 Å². The highest BCUT2D eigenvalue weighted by Gasteiger charge is 2.14. The van der Waals surface area contributed by atoms with E-state index in [1.54, 1.807) is 11.8 Å². The number of nitrogens with one attached hydrogen (secondary N) is 1. The smallest absolute Gasteiger partial charge is 0.231 e. The first-order valence-corrected chi connectivity index (χ1v) is 12.3. The summed E-state index contributed by atoms with van der Waals surface area (Å²) in [6, 6.07) is 13.6. The normalized spacial score (nSPS) is 11.2. The summed E-state index contributed by atoms with van der Waals surface area (Å²) in [4.78, 5) is 21.8. The van der Waals surface area contributed by atoms with Gasteiger partial charge < -0.3 is 9.88 Å². The number of halogens is 1. The van der Waals surface area contributed by atoms with Gasteiger partial charge >= 0.3 is 0 Å². The Bertz CT molecular complexity index is 1220. The Morgan fingerprint density at radius 2 is 2.06 bits per heavy atom. The number of carbonyl (C=O) groups excluding carboxylic acids is 1. The molecule has 2 heterocycles. The number of carbonyl (C=O) groups is 1. The van der Waals surface area contributed by atoms with Crippen LogP contribution >= 0.6 is 34.7 Å². The fourth-order valence-corrected chi connectivity index (χ4v) is 5.31. The molecule has 0 aliphatic carbocycles. The van der Waals surface area contributed by atoms with Crippen molar-refractivity contribution in [2.45, 2.75) is 44.1 Å². The lowest BCUT2D eigenvalue weighted by Crippen LogP contribution is -2.15. The SMILES string of the molecule is CCCn1c(SCc2csc(CC(=O)Nc3ccccc3C)n2)nc2cc(Cl)ccc21. The number of benzene rings is 2. The average Bonchev–Trinajstić information content (AvgIpc) is 3.32. The molecule has 4 rings (SSSR count). The van der Waals surface area contributed by atoms with E-state index < -0.39 is 0 Å². The molecule has 1 amide bonds. The number of fused-ring (bicyclic) bond motifs is 1. The number of thioether (sulfide) groups is 1. The second-order valence-electron chi connectivity index (χ2n) is 7.24. The van der Waals surface area contributed by atoms with Gasteiger partial charge in [-0.25, -0.2) is 9.97 Å². The minimum absolute atomic E-state index is 0.0514. The highest BCUT2D eigenvalue weighted by atomic mass is 35.5. The van der Waals surface area contributed by atoms with E-state index in [4.69, 9.17) is 16.6 Å². The summed E-state index contributed by atoms with van der Waals surface area (Å²) < 4.78 is 2.24. The van der Waals surface area contributed by atoms with Crippen molar-refractivity contribution >= 4 is 57.3 Å². The molecular weight excluding hydrogens is 448 g/mol. The average molecular weight is 471 g/mol. The van der Waals surface area contributed by atoms with Crippen molar-refractivity contribution in [3.8, 4) is 0 Å². The maximum atomic E-state index is 12.4. The number of rotatable bonds is 8. The van der Waals surface area contributed by atoms with Crippen LogP contribution in [-0.4, -0.2) is 20.4 Å². The van der Waals surface area contributed by atoms with Gasteiger partial charge in [-0.2, -0.15) is 0 Å². The van der Waals surface area contributed by atoms with Crippen molar-refractivity contribution in [3.63, 3.8) is 0 Å². The highest BCUT2D eigenvalue weighted by Crippen LogP contribution is 2.29. The van der Waals surface area contributed by atoms with E-state index in [-0.39, 0.29) is 12.3 Å². The van der Waals surface area contributed by atoms with Crippen molar-refractivity contribution < 1.29 is 4.79 Å². The number of nitrogens with zero attached hydrogens (tertiary/aromatic N) is 3. The lowest BCUT2D eigenvalue weighted by Gasteiger charge is -2.07. The van der Waals surface area contributed by atoms with Crippen LogP contribution in [0.1, 0.15) is 29.6 Å². The van der Waals surface area contributed by atoms with Gasteiger partial charge in [0.2, 0.25) is 5.91 Å². The molecule has 5 nitrogen and oxygen atoms in total. The first-order valence-electron chi connectivity index (χ1n) is 10.1. The molecule has 0 unspecified atom stereocenters. The number of para-hydroxylation sites is 1. The van der Waals surface area contributed by atoms with Gasteiger partial charge in [0.15, 0.2) is 5.16 Å². The Hall–Kier alpha value is -2.35. The quantitative estimate of drug-likeness (QED) is 0.305. The Labute approximate surface area is 194 Å². The van der Waals surface area contributed by atoms with E-state index in [2.05, 4.69) is 21.8 Å². The summed E-state index contributed by atoms with van der Waals surface area (Å²) in [6.45, 7) is 5.04. The molecule has 4 aromatic rings. The largest absolute Gasteiger partial charge is 0.325 e. The van der Waals surface area contributed by atoms with Crippen LogP contribution in [0, 0.1) is 6.92 Å². The monoisotopic (exact) mass is 470 g/mol. The van der Waals surface area contributed by atoms with Crippen LogP contribution in [0.4, 0.5) is 5.69 Å². The summed E-state index contributed by atoms with van der Waals surface area (Å²) in [5, 5.41) is 7.46. The zero-order chi connectivity index (χ0) is 21.8. The molecule has 0 spiro atoms. The number of hydrogen-bond donors (Lipinski definition) is 1. The van der Waals surface area contributed by atoms with Crippen LogP contribution in [0.15, 0.2) is 53.0 Å². The van der Waals surface area contributed by atoms with E-state index in [1.807, 2.05) is 54.8 Å². The van der Waals surface area contributed by atoms with E-state index in [0.717, 1.165) is 51.1 Å². The zero-order valence-corrected chi connectivity index (χ0v) is 19.8. The lowest BCUT2D eigenvalue weighted by atomic mass is 10.2. The summed E-state index contributed by atoms with van der Waals surface area (Å²) in [5.41, 5.74) is 4.86. The summed E-state index contributed by atoms with van der Waals surface area (Å²) in [6.07, 6.45) is 1.30. The number of aromatic nitrogens is 3.